The molecular formula is C56H74N4O8. The predicted molar refractivity (Wildman–Crippen MR) is 271 cm³/mol. The number of ether oxygens (including phenoxy) is 4. The first kappa shape index (κ1) is 51.8. The summed E-state index contributed by atoms with van der Waals surface area (Å²) in [6, 6.07) is 0. The number of cyclic esters (lactones) is 1. The number of aliphatic hydroxyl groups is 1. The number of aromatic nitrogens is 1. The summed E-state index contributed by atoms with van der Waals surface area (Å²) in [7, 11) is 2.45. The Balaban J connectivity index is 1.29. The second kappa shape index (κ2) is 22.2. The Labute approximate surface area is 403 Å². The number of methoxy groups -OCH3 is 2. The van der Waals surface area contributed by atoms with Gasteiger partial charge < -0.3 is 29.0 Å². The van der Waals surface area contributed by atoms with Crippen molar-refractivity contribution < 1.29 is 38.4 Å². The van der Waals surface area contributed by atoms with Crippen LogP contribution in [0.3, 0.4) is 0 Å². The first-order valence-corrected chi connectivity index (χ1v) is 24.7. The van der Waals surface area contributed by atoms with Crippen molar-refractivity contribution in [3.63, 3.8) is 0 Å². The average Bonchev–Trinajstić information content (AvgIpc) is 3.97. The van der Waals surface area contributed by atoms with Gasteiger partial charge in [0.05, 0.1) is 63.6 Å². The highest BCUT2D eigenvalue weighted by molar-refractivity contribution is 6.27. The van der Waals surface area contributed by atoms with Crippen LogP contribution in [0.4, 0.5) is 0 Å². The number of H-pyrrole nitrogens is 1. The fraction of sp³-hybridized carbons (Fsp3) is 0.536. The van der Waals surface area contributed by atoms with Crippen molar-refractivity contribution in [3.05, 3.63) is 95.7 Å². The molecule has 0 aromatic carbocycles. The van der Waals surface area contributed by atoms with Gasteiger partial charge in [0.25, 0.3) is 0 Å². The molecule has 5 aliphatic heterocycles. The first-order chi connectivity index (χ1) is 32.3. The van der Waals surface area contributed by atoms with Crippen LogP contribution in [0.25, 0.3) is 17.9 Å². The number of aliphatic imine (C=N–C) groups is 3. The molecule has 12 heteroatoms. The number of carbonyl (C=O) groups excluding carboxylic acids is 3. The summed E-state index contributed by atoms with van der Waals surface area (Å²) in [5.41, 5.74) is 9.51. The molecule has 68 heavy (non-hydrogen) atoms. The number of hydrogen-bond donors (Lipinski definition) is 2. The van der Waals surface area contributed by atoms with E-state index in [0.29, 0.717) is 68.1 Å². The zero-order valence-corrected chi connectivity index (χ0v) is 42.9. The molecule has 0 fully saturated rings. The van der Waals surface area contributed by atoms with Crippen LogP contribution in [-0.4, -0.2) is 71.7 Å². The van der Waals surface area contributed by atoms with E-state index in [2.05, 4.69) is 46.5 Å². The highest BCUT2D eigenvalue weighted by atomic mass is 16.7. The van der Waals surface area contributed by atoms with Gasteiger partial charge in [0.1, 0.15) is 6.61 Å². The third-order valence-electron chi connectivity index (χ3n) is 14.2. The van der Waals surface area contributed by atoms with E-state index < -0.39 is 23.7 Å². The molecule has 0 unspecified atom stereocenters. The second-order valence-electron chi connectivity index (χ2n) is 19.8. The summed E-state index contributed by atoms with van der Waals surface area (Å²) in [6.07, 6.45) is 19.5. The van der Waals surface area contributed by atoms with E-state index in [-0.39, 0.29) is 47.8 Å². The van der Waals surface area contributed by atoms with Crippen LogP contribution in [0.2, 0.25) is 0 Å². The number of esters is 3. The molecule has 8 bridgehead atoms. The summed E-state index contributed by atoms with van der Waals surface area (Å²) < 4.78 is 23.0. The van der Waals surface area contributed by atoms with E-state index in [1.54, 1.807) is 13.8 Å². The Morgan fingerprint density at radius 1 is 0.824 bits per heavy atom. The van der Waals surface area contributed by atoms with Gasteiger partial charge in [0.2, 0.25) is 0 Å². The van der Waals surface area contributed by atoms with E-state index in [1.165, 1.54) is 64.7 Å². The minimum absolute atomic E-state index is 0.00227. The lowest BCUT2D eigenvalue weighted by molar-refractivity contribution is -0.219. The third kappa shape index (κ3) is 11.0. The zero-order chi connectivity index (χ0) is 49.6. The maximum atomic E-state index is 14.1. The van der Waals surface area contributed by atoms with Gasteiger partial charge in [-0.2, -0.15) is 0 Å². The molecule has 1 aromatic rings. The summed E-state index contributed by atoms with van der Waals surface area (Å²) >= 11 is 0. The van der Waals surface area contributed by atoms with E-state index in [1.807, 2.05) is 45.1 Å². The fourth-order valence-corrected chi connectivity index (χ4v) is 10.0. The molecule has 1 aromatic heterocycles. The maximum Gasteiger partial charge on any atom is 0.385 e. The topological polar surface area (TPSA) is 161 Å². The Hall–Kier alpha value is -5.62. The lowest BCUT2D eigenvalue weighted by Gasteiger charge is -2.35. The first-order valence-electron chi connectivity index (χ1n) is 24.7. The largest absolute Gasteiger partial charge is 0.512 e. The standard InChI is InChI=1S/C56H74N4O8/c1-14-40-35(7)42-30-47-49(39(11)61)37(9)44(58-47)28-43-36(8)41(24-25-48(62)67-27-26-34(6)23-17-22-33(5)21-16-20-32(4)19-15-18-31(2)3)52(59-43)51-53-50(38(10)45(60-53)29-46(40)57-42)54(63)68-56(51,66-13)55(64)65-12/h26,28-33,58,61H,14-25,27H2,1-13H3/b34-26+,43-28?,46-29?,47-30?,49-39+/t32-,33-,56-/m1/s1. The summed E-state index contributed by atoms with van der Waals surface area (Å²) in [6.45, 7) is 22.9. The second-order valence-corrected chi connectivity index (χ2v) is 19.8. The number of fused-ring (bicyclic) bond motifs is 5. The van der Waals surface area contributed by atoms with Gasteiger partial charge in [-0.1, -0.05) is 85.1 Å². The van der Waals surface area contributed by atoms with Crippen LogP contribution in [0.1, 0.15) is 158 Å². The van der Waals surface area contributed by atoms with Crippen molar-refractivity contribution in [2.45, 2.75) is 159 Å². The van der Waals surface area contributed by atoms with E-state index in [4.69, 9.17) is 33.9 Å². The van der Waals surface area contributed by atoms with Crippen molar-refractivity contribution >= 4 is 53.0 Å². The summed E-state index contributed by atoms with van der Waals surface area (Å²) in [5, 5.41) is 12.3. The number of aliphatic hydroxyl groups excluding tert-OH is 1. The van der Waals surface area contributed by atoms with E-state index >= 15 is 0 Å². The predicted octanol–water partition coefficient (Wildman–Crippen LogP) is 10.8. The number of carbonyl (C=O) groups is 3. The fourth-order valence-electron chi connectivity index (χ4n) is 10.0. The molecule has 3 atom stereocenters. The molecule has 0 spiro atoms. The van der Waals surface area contributed by atoms with Gasteiger partial charge in [0.15, 0.2) is 0 Å². The van der Waals surface area contributed by atoms with Crippen LogP contribution in [0, 0.1) is 24.7 Å². The smallest absolute Gasteiger partial charge is 0.385 e. The molecule has 5 aliphatic rings. The van der Waals surface area contributed by atoms with E-state index in [0.717, 1.165) is 41.4 Å². The van der Waals surface area contributed by atoms with Crippen molar-refractivity contribution in [3.8, 4) is 0 Å². The van der Waals surface area contributed by atoms with Crippen LogP contribution < -0.4 is 10.6 Å². The van der Waals surface area contributed by atoms with Crippen molar-refractivity contribution in [2.24, 2.45) is 32.7 Å². The Kier molecular flexibility index (Phi) is 16.9. The lowest BCUT2D eigenvalue weighted by Crippen LogP contribution is -2.53. The minimum Gasteiger partial charge on any atom is -0.512 e. The molecular weight excluding hydrogens is 857 g/mol. The number of hydrogen-bond acceptors (Lipinski definition) is 11. The van der Waals surface area contributed by atoms with Gasteiger partial charge in [-0.15, -0.1) is 0 Å². The van der Waals surface area contributed by atoms with Crippen molar-refractivity contribution in [1.82, 2.24) is 4.98 Å². The quantitative estimate of drug-likeness (QED) is 0.0742. The number of allylic oxidation sites excluding steroid dienone is 7. The molecule has 366 valence electrons. The lowest BCUT2D eigenvalue weighted by atomic mass is 9.86. The molecule has 2 N–H and O–H groups in total. The van der Waals surface area contributed by atoms with Crippen LogP contribution >= 0.6 is 0 Å². The minimum atomic E-state index is -2.39. The number of aromatic amines is 1. The Morgan fingerprint density at radius 3 is 2.12 bits per heavy atom. The van der Waals surface area contributed by atoms with Crippen LogP contribution in [-0.2, 0) is 33.3 Å². The van der Waals surface area contributed by atoms with Crippen LogP contribution in [0.15, 0.2) is 88.8 Å². The summed E-state index contributed by atoms with van der Waals surface area (Å²) in [4.78, 5) is 60.4. The van der Waals surface area contributed by atoms with Gasteiger partial charge in [0, 0.05) is 24.4 Å². The Morgan fingerprint density at radius 2 is 1.49 bits per heavy atom. The number of nitrogens with zero attached hydrogens (tertiary/aromatic N) is 3. The molecule has 0 saturated heterocycles. The number of nitrogens with one attached hydrogen (secondary N) is 1. The van der Waals surface area contributed by atoms with Gasteiger partial charge in [-0.05, 0) is 143 Å². The van der Waals surface area contributed by atoms with Crippen molar-refractivity contribution in [1.29, 1.82) is 0 Å². The average molecular weight is 931 g/mol. The monoisotopic (exact) mass is 931 g/mol. The van der Waals surface area contributed by atoms with Crippen molar-refractivity contribution in [2.75, 3.05) is 20.8 Å². The molecule has 12 nitrogen and oxygen atoms in total. The van der Waals surface area contributed by atoms with Crippen LogP contribution in [0.5, 0.6) is 0 Å². The SMILES string of the molecule is CCC1=C(C)C2=NC1=CC1=NC3=C(C4=NC(=Cc5[nH]c(/c(=C(\C)O)c5C)=C2)C(C)=C4CCC(=O)OC/C=C(\C)CCC[C@H](C)CCC[C@H](C)CCCC(C)C)[C@](OC)(C(=O)OC)OC(=O)C3=C1C. The van der Waals surface area contributed by atoms with E-state index in [9.17, 15) is 19.5 Å². The molecule has 6 heterocycles. The molecule has 0 amide bonds. The molecule has 6 rings (SSSR count). The number of rotatable bonds is 20. The highest BCUT2D eigenvalue weighted by Crippen LogP contribution is 2.46. The molecule has 0 aliphatic carbocycles. The summed E-state index contributed by atoms with van der Waals surface area (Å²) in [5.74, 6) is -2.17. The van der Waals surface area contributed by atoms with Gasteiger partial charge >= 0.3 is 23.7 Å². The highest BCUT2D eigenvalue weighted by Gasteiger charge is 2.58. The van der Waals surface area contributed by atoms with Gasteiger partial charge in [-0.25, -0.2) is 24.6 Å². The molecule has 0 radical (unpaired) electrons. The zero-order valence-electron chi connectivity index (χ0n) is 42.9. The normalized spacial score (nSPS) is 20.5. The third-order valence-corrected chi connectivity index (χ3v) is 14.2. The maximum absolute atomic E-state index is 14.1. The van der Waals surface area contributed by atoms with Gasteiger partial charge in [-0.3, -0.25) is 4.79 Å². The molecule has 0 saturated carbocycles. The Bertz CT molecular complexity index is 2670.